The average molecular weight is 581 g/mol. The van der Waals surface area contributed by atoms with Gasteiger partial charge in [-0.3, -0.25) is 4.68 Å². The SMILES string of the molecule is CN(C)S(=O)(=O)c1cccc(Nc2cc(C3CCCN(C(=O)OC(C)(C)C)C3)nc3c(-c4cnn(C)c4)cnn23)c1. The lowest BCUT2D eigenvalue weighted by molar-refractivity contribution is 0.0197. The van der Waals surface area contributed by atoms with Gasteiger partial charge in [0.05, 0.1) is 23.0 Å². The smallest absolute Gasteiger partial charge is 0.410 e. The van der Waals surface area contributed by atoms with Crippen molar-refractivity contribution in [3.63, 3.8) is 0 Å². The Hall–Kier alpha value is -3.97. The molecular formula is C28H36N8O4S. The Morgan fingerprint density at radius 2 is 1.93 bits per heavy atom. The van der Waals surface area contributed by atoms with E-state index in [1.54, 1.807) is 50.8 Å². The molecule has 1 aliphatic rings. The number of aromatic nitrogens is 5. The van der Waals surface area contributed by atoms with E-state index in [9.17, 15) is 13.2 Å². The van der Waals surface area contributed by atoms with Crippen molar-refractivity contribution in [3.05, 3.63) is 54.6 Å². The Balaban J connectivity index is 1.56. The second kappa shape index (κ2) is 10.8. The van der Waals surface area contributed by atoms with Crippen molar-refractivity contribution in [2.24, 2.45) is 7.05 Å². The first kappa shape index (κ1) is 28.6. The number of fused-ring (bicyclic) bond motifs is 1. The molecule has 218 valence electrons. The van der Waals surface area contributed by atoms with E-state index in [0.717, 1.165) is 29.7 Å². The number of hydrogen-bond donors (Lipinski definition) is 1. The zero-order chi connectivity index (χ0) is 29.5. The van der Waals surface area contributed by atoms with Crippen molar-refractivity contribution < 1.29 is 17.9 Å². The van der Waals surface area contributed by atoms with Gasteiger partial charge in [0.2, 0.25) is 10.0 Å². The Morgan fingerprint density at radius 3 is 2.61 bits per heavy atom. The molecule has 4 heterocycles. The predicted octanol–water partition coefficient (Wildman–Crippen LogP) is 4.24. The highest BCUT2D eigenvalue weighted by atomic mass is 32.2. The number of amides is 1. The van der Waals surface area contributed by atoms with Gasteiger partial charge in [-0.05, 0) is 51.8 Å². The first-order valence-corrected chi connectivity index (χ1v) is 14.9. The molecule has 3 aromatic heterocycles. The molecule has 0 saturated carbocycles. The van der Waals surface area contributed by atoms with E-state index in [1.165, 1.54) is 18.4 Å². The van der Waals surface area contributed by atoms with Crippen molar-refractivity contribution >= 4 is 33.3 Å². The first-order valence-electron chi connectivity index (χ1n) is 13.5. The summed E-state index contributed by atoms with van der Waals surface area (Å²) in [6.07, 6.45) is 6.75. The van der Waals surface area contributed by atoms with Crippen molar-refractivity contribution in [2.75, 3.05) is 32.5 Å². The number of ether oxygens (including phenoxy) is 1. The average Bonchev–Trinajstić information content (AvgIpc) is 3.54. The van der Waals surface area contributed by atoms with E-state index in [2.05, 4.69) is 15.5 Å². The Labute approximate surface area is 240 Å². The van der Waals surface area contributed by atoms with Gasteiger partial charge >= 0.3 is 6.09 Å². The number of hydrogen-bond acceptors (Lipinski definition) is 8. The minimum Gasteiger partial charge on any atom is -0.444 e. The molecule has 1 fully saturated rings. The number of aryl methyl sites for hydroxylation is 1. The summed E-state index contributed by atoms with van der Waals surface area (Å²) in [6.45, 7) is 6.68. The number of sulfonamides is 1. The van der Waals surface area contributed by atoms with E-state index in [4.69, 9.17) is 9.72 Å². The molecule has 1 atom stereocenters. The molecule has 41 heavy (non-hydrogen) atoms. The van der Waals surface area contributed by atoms with Crippen molar-refractivity contribution in [2.45, 2.75) is 50.0 Å². The van der Waals surface area contributed by atoms with Gasteiger partial charge in [0.1, 0.15) is 11.4 Å². The van der Waals surface area contributed by atoms with E-state index >= 15 is 0 Å². The fourth-order valence-electron chi connectivity index (χ4n) is 4.85. The van der Waals surface area contributed by atoms with Gasteiger partial charge in [-0.25, -0.2) is 22.5 Å². The number of carbonyl (C=O) groups excluding carboxylic acids is 1. The van der Waals surface area contributed by atoms with Crippen LogP contribution in [0.4, 0.5) is 16.3 Å². The third kappa shape index (κ3) is 6.05. The number of carbonyl (C=O) groups is 1. The molecule has 4 aromatic rings. The van der Waals surface area contributed by atoms with Crippen LogP contribution in [0.15, 0.2) is 53.8 Å². The molecule has 1 amide bonds. The maximum Gasteiger partial charge on any atom is 0.410 e. The highest BCUT2D eigenvalue weighted by Gasteiger charge is 2.30. The van der Waals surface area contributed by atoms with Crippen molar-refractivity contribution in [1.29, 1.82) is 0 Å². The molecule has 5 rings (SSSR count). The van der Waals surface area contributed by atoms with E-state index in [1.807, 2.05) is 40.1 Å². The van der Waals surface area contributed by atoms with Crippen LogP contribution in [0.25, 0.3) is 16.8 Å². The maximum atomic E-state index is 12.9. The molecule has 13 heteroatoms. The Kier molecular flexibility index (Phi) is 7.51. The summed E-state index contributed by atoms with van der Waals surface area (Å²) in [4.78, 5) is 19.8. The number of anilines is 2. The van der Waals surface area contributed by atoms with Crippen LogP contribution in [-0.4, -0.2) is 80.9 Å². The summed E-state index contributed by atoms with van der Waals surface area (Å²) < 4.78 is 35.8. The summed E-state index contributed by atoms with van der Waals surface area (Å²) in [5.41, 5.74) is 3.12. The van der Waals surface area contributed by atoms with E-state index < -0.39 is 15.6 Å². The van der Waals surface area contributed by atoms with Crippen LogP contribution in [0.2, 0.25) is 0 Å². The van der Waals surface area contributed by atoms with Crippen LogP contribution in [0.5, 0.6) is 0 Å². The predicted molar refractivity (Wildman–Crippen MR) is 156 cm³/mol. The second-order valence-corrected chi connectivity index (χ2v) is 13.6. The summed E-state index contributed by atoms with van der Waals surface area (Å²) in [6, 6.07) is 8.58. The van der Waals surface area contributed by atoms with Gasteiger partial charge < -0.3 is 15.0 Å². The first-order chi connectivity index (χ1) is 19.3. The molecule has 1 aromatic carbocycles. The molecule has 0 radical (unpaired) electrons. The molecule has 0 spiro atoms. The Bertz CT molecular complexity index is 1690. The number of benzene rings is 1. The minimum atomic E-state index is -3.62. The maximum absolute atomic E-state index is 12.9. The third-order valence-electron chi connectivity index (χ3n) is 6.88. The standard InChI is InChI=1S/C28H36N8O4S/c1-28(2,3)40-27(37)35-12-8-9-19(18-35)24-14-25(31-21-10-7-11-22(13-21)41(38,39)33(4)5)36-26(32-24)23(16-30-36)20-15-29-34(6)17-20/h7,10-11,13-17,19,31H,8-9,12,18H2,1-6H3. The van der Waals surface area contributed by atoms with Crippen LogP contribution in [0.3, 0.4) is 0 Å². The summed E-state index contributed by atoms with van der Waals surface area (Å²) in [5, 5.41) is 12.3. The minimum absolute atomic E-state index is 0.0288. The summed E-state index contributed by atoms with van der Waals surface area (Å²) in [5.74, 6) is 0.591. The molecule has 1 N–H and O–H groups in total. The van der Waals surface area contributed by atoms with Crippen LogP contribution in [0, 0.1) is 0 Å². The molecule has 0 aliphatic carbocycles. The summed E-state index contributed by atoms with van der Waals surface area (Å²) in [7, 11) is 1.24. The zero-order valence-electron chi connectivity index (χ0n) is 24.2. The zero-order valence-corrected chi connectivity index (χ0v) is 25.0. The molecule has 0 bridgehead atoms. The second-order valence-electron chi connectivity index (χ2n) is 11.5. The molecular weight excluding hydrogens is 544 g/mol. The third-order valence-corrected chi connectivity index (χ3v) is 8.69. The highest BCUT2D eigenvalue weighted by Crippen LogP contribution is 2.33. The molecule has 12 nitrogen and oxygen atoms in total. The van der Waals surface area contributed by atoms with Gasteiger partial charge in [-0.1, -0.05) is 6.07 Å². The lowest BCUT2D eigenvalue weighted by atomic mass is 9.94. The van der Waals surface area contributed by atoms with Gasteiger partial charge in [0.15, 0.2) is 5.65 Å². The van der Waals surface area contributed by atoms with Crippen LogP contribution >= 0.6 is 0 Å². The lowest BCUT2D eigenvalue weighted by Crippen LogP contribution is -2.42. The quantitative estimate of drug-likeness (QED) is 0.359. The van der Waals surface area contributed by atoms with Gasteiger partial charge in [-0.15, -0.1) is 0 Å². The number of nitrogens with one attached hydrogen (secondary N) is 1. The van der Waals surface area contributed by atoms with Crippen LogP contribution < -0.4 is 5.32 Å². The van der Waals surface area contributed by atoms with E-state index in [-0.39, 0.29) is 16.9 Å². The monoisotopic (exact) mass is 580 g/mol. The van der Waals surface area contributed by atoms with Gasteiger partial charge in [0, 0.05) is 69.2 Å². The van der Waals surface area contributed by atoms with Crippen molar-refractivity contribution in [3.8, 4) is 11.1 Å². The van der Waals surface area contributed by atoms with Crippen molar-refractivity contribution in [1.82, 2.24) is 33.6 Å². The number of rotatable bonds is 6. The molecule has 1 unspecified atom stereocenters. The highest BCUT2D eigenvalue weighted by molar-refractivity contribution is 7.89. The molecule has 1 saturated heterocycles. The molecule has 1 aliphatic heterocycles. The largest absolute Gasteiger partial charge is 0.444 e. The number of likely N-dealkylation sites (tertiary alicyclic amines) is 1. The van der Waals surface area contributed by atoms with Crippen LogP contribution in [0.1, 0.15) is 45.2 Å². The van der Waals surface area contributed by atoms with E-state index in [0.29, 0.717) is 30.2 Å². The summed E-state index contributed by atoms with van der Waals surface area (Å²) >= 11 is 0. The fourth-order valence-corrected chi connectivity index (χ4v) is 5.80. The lowest BCUT2D eigenvalue weighted by Gasteiger charge is -2.34. The van der Waals surface area contributed by atoms with Gasteiger partial charge in [-0.2, -0.15) is 14.7 Å². The number of piperidine rings is 1. The topological polar surface area (TPSA) is 127 Å². The number of nitrogens with zero attached hydrogens (tertiary/aromatic N) is 7. The van der Waals surface area contributed by atoms with Gasteiger partial charge in [0.25, 0.3) is 0 Å². The Morgan fingerprint density at radius 1 is 1.15 bits per heavy atom. The fraction of sp³-hybridized carbons (Fsp3) is 0.429. The normalized spacial score (nSPS) is 16.4. The van der Waals surface area contributed by atoms with Crippen LogP contribution in [-0.2, 0) is 21.8 Å².